The zero-order valence-corrected chi connectivity index (χ0v) is 23.7. The van der Waals surface area contributed by atoms with Crippen LogP contribution in [0, 0.1) is 16.7 Å². The number of nitrogens with two attached hydrogens (primary N) is 2. The molecule has 2 bridgehead atoms. The fourth-order valence-corrected chi connectivity index (χ4v) is 4.71. The highest BCUT2D eigenvalue weighted by molar-refractivity contribution is 6.05. The van der Waals surface area contributed by atoms with E-state index in [9.17, 15) is 24.7 Å². The fraction of sp³-hybridized carbons (Fsp3) is 0.500. The molecule has 2 rings (SSSR count). The Labute approximate surface area is 234 Å². The van der Waals surface area contributed by atoms with Gasteiger partial charge in [-0.1, -0.05) is 38.2 Å². The Balaban J connectivity index is 2.66. The maximum Gasteiger partial charge on any atom is 0.405 e. The van der Waals surface area contributed by atoms with Crippen LogP contribution in [0.4, 0.5) is 21.9 Å². The van der Waals surface area contributed by atoms with Crippen molar-refractivity contribution in [2.45, 2.75) is 65.0 Å². The maximum atomic E-state index is 12.9. The van der Waals surface area contributed by atoms with Gasteiger partial charge in [0.1, 0.15) is 17.5 Å². The molecule has 1 aromatic rings. The van der Waals surface area contributed by atoms with E-state index in [1.54, 1.807) is 39.0 Å². The van der Waals surface area contributed by atoms with E-state index < -0.39 is 42.3 Å². The van der Waals surface area contributed by atoms with Crippen molar-refractivity contribution in [2.75, 3.05) is 25.3 Å². The van der Waals surface area contributed by atoms with Crippen LogP contribution in [0.1, 0.15) is 39.7 Å². The van der Waals surface area contributed by atoms with E-state index in [2.05, 4.69) is 10.5 Å². The van der Waals surface area contributed by atoms with Crippen LogP contribution < -0.4 is 16.8 Å². The lowest BCUT2D eigenvalue weighted by Crippen LogP contribution is -2.37. The monoisotopic (exact) mass is 560 g/mol. The number of phenols is 1. The van der Waals surface area contributed by atoms with E-state index in [1.165, 1.54) is 26.4 Å². The summed E-state index contributed by atoms with van der Waals surface area (Å²) in [5, 5.41) is 27.7. The number of hydrogen-bond acceptors (Lipinski definition) is 10. The van der Waals surface area contributed by atoms with Gasteiger partial charge in [-0.25, -0.2) is 4.79 Å². The first-order valence-corrected chi connectivity index (χ1v) is 12.9. The number of ether oxygens (including phenoxy) is 3. The number of carbonyl (C=O) groups is 2. The third-order valence-electron chi connectivity index (χ3n) is 6.97. The molecule has 0 unspecified atom stereocenters. The molecular weight excluding hydrogens is 520 g/mol. The molecule has 7 N–H and O–H groups in total. The SMILES string of the molecule is CO[C@H]1/C=C\C=C(/C)C(=O)Nc2cc(N=O)c(N)c(c2O)C[C@@H](C)C[C@H](OC)[C@H](O)[C@@H](C)/C=C(\C)[C@@H]1OC(N)=O. The maximum absolute atomic E-state index is 12.9. The van der Waals surface area contributed by atoms with Crippen molar-refractivity contribution in [2.24, 2.45) is 22.7 Å². The van der Waals surface area contributed by atoms with E-state index in [4.69, 9.17) is 25.7 Å². The van der Waals surface area contributed by atoms with Gasteiger partial charge in [0.15, 0.2) is 6.10 Å². The number of rotatable bonds is 4. The van der Waals surface area contributed by atoms with Gasteiger partial charge in [-0.15, -0.1) is 4.91 Å². The Hall–Kier alpha value is -3.74. The van der Waals surface area contributed by atoms with Crippen molar-refractivity contribution in [1.29, 1.82) is 0 Å². The average molecular weight is 561 g/mol. The first-order valence-electron chi connectivity index (χ1n) is 12.9. The predicted molar refractivity (Wildman–Crippen MR) is 152 cm³/mol. The summed E-state index contributed by atoms with van der Waals surface area (Å²) in [6, 6.07) is 1.21. The zero-order valence-electron chi connectivity index (χ0n) is 23.7. The summed E-state index contributed by atoms with van der Waals surface area (Å²) in [4.78, 5) is 36.1. The first-order chi connectivity index (χ1) is 18.8. The standard InChI is InChI=1S/C28H40N4O8/c1-14-10-18-23(29)19(32-37)13-20(25(18)34)31-27(35)15(2)8-7-9-21(38-5)26(40-28(30)36)17(4)12-16(3)24(33)22(11-14)39-6/h7-9,12-14,16,21-22,24,26,33-34H,10-11,29H2,1-6H3,(H2,30,36)(H,31,35)/b9-7-,15-8+,17-12+/t14-,16+,21+,22+,24-,26+/m1/s1. The number of aliphatic hydroxyl groups is 1. The van der Waals surface area contributed by atoms with Crippen LogP contribution in [0.3, 0.4) is 0 Å². The van der Waals surface area contributed by atoms with E-state index in [0.717, 1.165) is 0 Å². The van der Waals surface area contributed by atoms with Gasteiger partial charge in [0.25, 0.3) is 5.91 Å². The van der Waals surface area contributed by atoms with E-state index in [0.29, 0.717) is 12.0 Å². The second-order valence-corrected chi connectivity index (χ2v) is 10.1. The van der Waals surface area contributed by atoms with Crippen LogP contribution in [-0.2, 0) is 25.4 Å². The van der Waals surface area contributed by atoms with Crippen molar-refractivity contribution in [3.63, 3.8) is 0 Å². The first kappa shape index (κ1) is 32.5. The van der Waals surface area contributed by atoms with Crippen LogP contribution in [0.15, 0.2) is 46.7 Å². The summed E-state index contributed by atoms with van der Waals surface area (Å²) in [6.45, 7) is 6.96. The largest absolute Gasteiger partial charge is 0.505 e. The Kier molecular flexibility index (Phi) is 11.8. The molecule has 2 amide bonds. The fourth-order valence-electron chi connectivity index (χ4n) is 4.71. The van der Waals surface area contributed by atoms with Gasteiger partial charge in [0, 0.05) is 31.3 Å². The highest BCUT2D eigenvalue weighted by Gasteiger charge is 2.30. The number of nitrogens with zero attached hydrogens (tertiary/aromatic N) is 1. The number of methoxy groups -OCH3 is 2. The number of aliphatic hydroxyl groups excluding tert-OH is 1. The van der Waals surface area contributed by atoms with Crippen LogP contribution >= 0.6 is 0 Å². The molecule has 0 saturated heterocycles. The lowest BCUT2D eigenvalue weighted by molar-refractivity contribution is -0.112. The number of fused-ring (bicyclic) bond motifs is 2. The normalized spacial score (nSPS) is 30.2. The third kappa shape index (κ3) is 8.13. The number of nitrogen functional groups attached to an aromatic ring is 1. The minimum atomic E-state index is -1.00. The number of carbonyl (C=O) groups excluding carboxylic acids is 2. The van der Waals surface area contributed by atoms with Gasteiger partial charge in [-0.2, -0.15) is 0 Å². The summed E-state index contributed by atoms with van der Waals surface area (Å²) >= 11 is 0. The van der Waals surface area contributed by atoms with Crippen LogP contribution in [0.25, 0.3) is 0 Å². The number of primary amides is 1. The Morgan fingerprint density at radius 1 is 1.20 bits per heavy atom. The van der Waals surface area contributed by atoms with Gasteiger partial charge in [0.2, 0.25) is 0 Å². The molecule has 40 heavy (non-hydrogen) atoms. The summed E-state index contributed by atoms with van der Waals surface area (Å²) in [5.74, 6) is -1.45. The molecule has 0 aromatic heterocycles. The van der Waals surface area contributed by atoms with Crippen molar-refractivity contribution >= 4 is 29.1 Å². The summed E-state index contributed by atoms with van der Waals surface area (Å²) in [6.07, 6.45) is 2.71. The van der Waals surface area contributed by atoms with Gasteiger partial charge in [0.05, 0.1) is 23.6 Å². The number of nitroso groups, excluding NO2 is 1. The molecule has 12 heteroatoms. The number of anilines is 2. The quantitative estimate of drug-likeness (QED) is 0.157. The molecule has 0 aliphatic carbocycles. The minimum Gasteiger partial charge on any atom is -0.505 e. The van der Waals surface area contributed by atoms with Crippen molar-refractivity contribution in [3.05, 3.63) is 52.0 Å². The molecule has 0 radical (unpaired) electrons. The Morgan fingerprint density at radius 3 is 2.45 bits per heavy atom. The van der Waals surface area contributed by atoms with Gasteiger partial charge in [-0.3, -0.25) is 4.79 Å². The highest BCUT2D eigenvalue weighted by Crippen LogP contribution is 2.41. The molecule has 12 nitrogen and oxygen atoms in total. The second kappa shape index (κ2) is 14.6. The van der Waals surface area contributed by atoms with E-state index in [-0.39, 0.29) is 46.3 Å². The van der Waals surface area contributed by atoms with Crippen LogP contribution in [0.5, 0.6) is 5.75 Å². The number of benzene rings is 1. The smallest absolute Gasteiger partial charge is 0.405 e. The number of phenolic OH excluding ortho intramolecular Hbond substituents is 1. The van der Waals surface area contributed by atoms with Gasteiger partial charge < -0.3 is 41.2 Å². The number of allylic oxidation sites excluding steroid dienone is 2. The van der Waals surface area contributed by atoms with E-state index in [1.807, 2.05) is 6.92 Å². The van der Waals surface area contributed by atoms with Crippen molar-refractivity contribution in [1.82, 2.24) is 0 Å². The topological polar surface area (TPSA) is 196 Å². The van der Waals surface area contributed by atoms with Crippen LogP contribution in [0.2, 0.25) is 0 Å². The molecule has 1 aliphatic heterocycles. The molecule has 1 aliphatic rings. The van der Waals surface area contributed by atoms with Gasteiger partial charge in [-0.05, 0) is 49.4 Å². The number of aromatic hydroxyl groups is 1. The van der Waals surface area contributed by atoms with Gasteiger partial charge >= 0.3 is 6.09 Å². The number of hydrogen-bond donors (Lipinski definition) is 5. The molecule has 0 saturated carbocycles. The van der Waals surface area contributed by atoms with E-state index >= 15 is 0 Å². The second-order valence-electron chi connectivity index (χ2n) is 10.1. The molecule has 1 heterocycles. The average Bonchev–Trinajstić information content (AvgIpc) is 2.91. The lowest BCUT2D eigenvalue weighted by atomic mass is 9.87. The highest BCUT2D eigenvalue weighted by atomic mass is 16.6. The lowest BCUT2D eigenvalue weighted by Gasteiger charge is -2.29. The molecule has 0 spiro atoms. The number of nitrogens with one attached hydrogen (secondary N) is 1. The summed E-state index contributed by atoms with van der Waals surface area (Å²) in [5.41, 5.74) is 12.4. The number of amides is 2. The molecule has 1 aromatic carbocycles. The molecule has 220 valence electrons. The third-order valence-corrected chi connectivity index (χ3v) is 6.97. The molecule has 6 atom stereocenters. The molecule has 0 fully saturated rings. The van der Waals surface area contributed by atoms with Crippen molar-refractivity contribution < 1.29 is 34.0 Å². The minimum absolute atomic E-state index is 0.00554. The Morgan fingerprint density at radius 2 is 1.88 bits per heavy atom. The molecular formula is C28H40N4O8. The summed E-state index contributed by atoms with van der Waals surface area (Å²) < 4.78 is 16.5. The van der Waals surface area contributed by atoms with Crippen LogP contribution in [-0.4, -0.2) is 60.8 Å². The predicted octanol–water partition coefficient (Wildman–Crippen LogP) is 3.83. The van der Waals surface area contributed by atoms with Crippen molar-refractivity contribution in [3.8, 4) is 5.75 Å². The Bertz CT molecular complexity index is 1180. The zero-order chi connectivity index (χ0) is 30.1. The summed E-state index contributed by atoms with van der Waals surface area (Å²) in [7, 11) is 2.91.